The molecule has 1 saturated carbocycles. The van der Waals surface area contributed by atoms with Gasteiger partial charge in [-0.3, -0.25) is 9.78 Å². The maximum atomic E-state index is 15.0. The van der Waals surface area contributed by atoms with Crippen molar-refractivity contribution in [2.45, 2.75) is 84.7 Å². The highest BCUT2D eigenvalue weighted by Gasteiger charge is 2.36. The molecule has 1 fully saturated rings. The highest BCUT2D eigenvalue weighted by molar-refractivity contribution is 5.95. The normalized spacial score (nSPS) is 15.1. The lowest BCUT2D eigenvalue weighted by molar-refractivity contribution is -0.141. The van der Waals surface area contributed by atoms with Crippen LogP contribution in [0.2, 0.25) is 0 Å². The van der Waals surface area contributed by atoms with Crippen LogP contribution < -0.4 is 5.32 Å². The lowest BCUT2D eigenvalue weighted by Crippen LogP contribution is -2.30. The molecule has 228 valence electrons. The molecular formula is C33H37F4N5O. The summed E-state index contributed by atoms with van der Waals surface area (Å²) in [6, 6.07) is 8.36. The summed E-state index contributed by atoms with van der Waals surface area (Å²) in [4.78, 5) is 21.4. The van der Waals surface area contributed by atoms with Gasteiger partial charge in [-0.2, -0.15) is 18.3 Å². The van der Waals surface area contributed by atoms with Gasteiger partial charge < -0.3 is 5.32 Å². The lowest BCUT2D eigenvalue weighted by atomic mass is 9.88. The molecule has 4 heterocycles. The van der Waals surface area contributed by atoms with Crippen molar-refractivity contribution in [3.05, 3.63) is 81.8 Å². The number of alkyl halides is 3. The Morgan fingerprint density at radius 2 is 1.86 bits per heavy atom. The number of carbonyl (C=O) groups is 1. The van der Waals surface area contributed by atoms with Gasteiger partial charge in [0.1, 0.15) is 5.69 Å². The van der Waals surface area contributed by atoms with Crippen LogP contribution in [0.1, 0.15) is 103 Å². The summed E-state index contributed by atoms with van der Waals surface area (Å²) in [6.07, 6.45) is 0.417. The Hall–Kier alpha value is -3.82. The van der Waals surface area contributed by atoms with Gasteiger partial charge in [0, 0.05) is 35.0 Å². The number of rotatable bonds is 10. The first-order chi connectivity index (χ1) is 20.4. The summed E-state index contributed by atoms with van der Waals surface area (Å²) in [5, 5.41) is 7.70. The Morgan fingerprint density at radius 1 is 1.12 bits per heavy atom. The first-order valence-corrected chi connectivity index (χ1v) is 14.9. The summed E-state index contributed by atoms with van der Waals surface area (Å²) in [6.45, 7) is 10.1. The van der Waals surface area contributed by atoms with Crippen molar-refractivity contribution in [1.29, 1.82) is 0 Å². The fraction of sp³-hybridized carbons (Fsp3) is 0.455. The number of hydrogen-bond acceptors (Lipinski definition) is 4. The molecule has 1 amide bonds. The second-order valence-corrected chi connectivity index (χ2v) is 11.7. The lowest BCUT2D eigenvalue weighted by Gasteiger charge is -2.23. The zero-order valence-corrected chi connectivity index (χ0v) is 25.1. The molecule has 4 aromatic heterocycles. The Bertz CT molecular complexity index is 1660. The fourth-order valence-electron chi connectivity index (χ4n) is 5.75. The van der Waals surface area contributed by atoms with Gasteiger partial charge in [-0.05, 0) is 92.8 Å². The number of hydrogen-bond donors (Lipinski definition) is 1. The van der Waals surface area contributed by atoms with Gasteiger partial charge in [0.05, 0.1) is 23.1 Å². The molecular weight excluding hydrogens is 558 g/mol. The quantitative estimate of drug-likeness (QED) is 0.189. The number of amides is 1. The molecule has 2 atom stereocenters. The third-order valence-corrected chi connectivity index (χ3v) is 8.49. The molecule has 0 spiro atoms. The Kier molecular flexibility index (Phi) is 8.58. The molecule has 4 aromatic rings. The van der Waals surface area contributed by atoms with Crippen LogP contribution in [0.3, 0.4) is 0 Å². The Labute approximate surface area is 248 Å². The van der Waals surface area contributed by atoms with Gasteiger partial charge in [-0.25, -0.2) is 13.9 Å². The van der Waals surface area contributed by atoms with Gasteiger partial charge in [0.15, 0.2) is 5.82 Å². The van der Waals surface area contributed by atoms with E-state index in [2.05, 4.69) is 22.3 Å². The van der Waals surface area contributed by atoms with E-state index in [9.17, 15) is 18.0 Å². The van der Waals surface area contributed by atoms with Crippen LogP contribution in [-0.2, 0) is 12.6 Å². The van der Waals surface area contributed by atoms with E-state index >= 15 is 4.39 Å². The van der Waals surface area contributed by atoms with Crippen molar-refractivity contribution >= 4 is 11.4 Å². The van der Waals surface area contributed by atoms with Gasteiger partial charge in [-0.15, -0.1) is 0 Å². The molecule has 5 rings (SSSR count). The average molecular weight is 596 g/mol. The standard InChI is InChI=1S/C33H37F4N5O/c1-6-8-23-13-24-12-22(11-19(4)42(24)41-23)32(43)39-16-27(21-9-10-21)29-14-25(18(3)7-2)20(5)31(40-29)26-15-30(33(35,36)37)38-17-28(26)34/h11-15,17-18,21,27H,6-10,16H2,1-5H3,(H,39,43). The molecule has 6 nitrogen and oxygen atoms in total. The fourth-order valence-corrected chi connectivity index (χ4v) is 5.75. The molecule has 0 bridgehead atoms. The number of halogens is 4. The van der Waals surface area contributed by atoms with Crippen LogP contribution >= 0.6 is 0 Å². The van der Waals surface area contributed by atoms with Crippen molar-refractivity contribution in [1.82, 2.24) is 24.9 Å². The maximum Gasteiger partial charge on any atom is 0.433 e. The zero-order valence-electron chi connectivity index (χ0n) is 25.1. The first-order valence-electron chi connectivity index (χ1n) is 14.9. The molecule has 1 aliphatic rings. The molecule has 0 aliphatic heterocycles. The number of nitrogens with one attached hydrogen (secondary N) is 1. The summed E-state index contributed by atoms with van der Waals surface area (Å²) in [7, 11) is 0. The van der Waals surface area contributed by atoms with Crippen molar-refractivity contribution in [2.75, 3.05) is 6.54 Å². The molecule has 0 aromatic carbocycles. The van der Waals surface area contributed by atoms with E-state index in [1.807, 2.05) is 49.6 Å². The zero-order chi connectivity index (χ0) is 31.1. The summed E-state index contributed by atoms with van der Waals surface area (Å²) in [5.41, 5.74) is 4.20. The minimum atomic E-state index is -4.72. The number of nitrogens with zero attached hydrogens (tertiary/aromatic N) is 4. The first kappa shape index (κ1) is 30.6. The minimum absolute atomic E-state index is 0.0740. The topological polar surface area (TPSA) is 72.2 Å². The smallest absolute Gasteiger partial charge is 0.351 e. The second kappa shape index (κ2) is 12.1. The van der Waals surface area contributed by atoms with Crippen LogP contribution in [0.5, 0.6) is 0 Å². The molecule has 1 N–H and O–H groups in total. The van der Waals surface area contributed by atoms with E-state index in [0.717, 1.165) is 60.6 Å². The number of aryl methyl sites for hydroxylation is 2. The van der Waals surface area contributed by atoms with Crippen LogP contribution in [-0.4, -0.2) is 32.0 Å². The molecule has 0 radical (unpaired) electrons. The third kappa shape index (κ3) is 6.43. The predicted molar refractivity (Wildman–Crippen MR) is 158 cm³/mol. The number of fused-ring (bicyclic) bond motifs is 1. The SMILES string of the molecule is CCCc1cc2cc(C(=O)NCC(c3cc(C(C)CC)c(C)c(-c4cc(C(F)(F)F)ncc4F)n3)C3CC3)cc(C)n2n1. The average Bonchev–Trinajstić information content (AvgIpc) is 3.71. The molecule has 1 aliphatic carbocycles. The summed E-state index contributed by atoms with van der Waals surface area (Å²) < 4.78 is 57.4. The van der Waals surface area contributed by atoms with E-state index < -0.39 is 17.7 Å². The second-order valence-electron chi connectivity index (χ2n) is 11.7. The molecule has 10 heteroatoms. The van der Waals surface area contributed by atoms with Crippen molar-refractivity contribution in [2.24, 2.45) is 5.92 Å². The molecule has 43 heavy (non-hydrogen) atoms. The van der Waals surface area contributed by atoms with Gasteiger partial charge >= 0.3 is 6.18 Å². The third-order valence-electron chi connectivity index (χ3n) is 8.49. The Balaban J connectivity index is 1.49. The van der Waals surface area contributed by atoms with Gasteiger partial charge in [-0.1, -0.05) is 27.2 Å². The van der Waals surface area contributed by atoms with Crippen LogP contribution in [0.4, 0.5) is 17.6 Å². The maximum absolute atomic E-state index is 15.0. The van der Waals surface area contributed by atoms with Gasteiger partial charge in [0.25, 0.3) is 5.91 Å². The summed E-state index contributed by atoms with van der Waals surface area (Å²) >= 11 is 0. The van der Waals surface area contributed by atoms with Crippen LogP contribution in [0.15, 0.2) is 36.5 Å². The van der Waals surface area contributed by atoms with Gasteiger partial charge in [0.2, 0.25) is 0 Å². The van der Waals surface area contributed by atoms with Crippen molar-refractivity contribution in [3.63, 3.8) is 0 Å². The summed E-state index contributed by atoms with van der Waals surface area (Å²) in [5.74, 6) is -0.922. The highest BCUT2D eigenvalue weighted by atomic mass is 19.4. The monoisotopic (exact) mass is 595 g/mol. The van der Waals surface area contributed by atoms with E-state index in [1.54, 1.807) is 6.92 Å². The van der Waals surface area contributed by atoms with E-state index in [0.29, 0.717) is 29.6 Å². The largest absolute Gasteiger partial charge is 0.433 e. The number of pyridine rings is 3. The molecule has 0 saturated heterocycles. The van der Waals surface area contributed by atoms with E-state index in [-0.39, 0.29) is 34.9 Å². The number of carbonyl (C=O) groups excluding carboxylic acids is 1. The van der Waals surface area contributed by atoms with E-state index in [4.69, 9.17) is 4.98 Å². The Morgan fingerprint density at radius 3 is 2.51 bits per heavy atom. The predicted octanol–water partition coefficient (Wildman–Crippen LogP) is 7.96. The van der Waals surface area contributed by atoms with Crippen LogP contribution in [0.25, 0.3) is 16.8 Å². The van der Waals surface area contributed by atoms with Crippen molar-refractivity contribution in [3.8, 4) is 11.3 Å². The number of aromatic nitrogens is 4. The van der Waals surface area contributed by atoms with E-state index in [1.165, 1.54) is 0 Å². The molecule has 2 unspecified atom stereocenters. The highest BCUT2D eigenvalue weighted by Crippen LogP contribution is 2.44. The van der Waals surface area contributed by atoms with Crippen molar-refractivity contribution < 1.29 is 22.4 Å². The minimum Gasteiger partial charge on any atom is -0.351 e. The van der Waals surface area contributed by atoms with Crippen LogP contribution in [0, 0.1) is 25.6 Å².